The summed E-state index contributed by atoms with van der Waals surface area (Å²) < 4.78 is 5.16. The zero-order valence-corrected chi connectivity index (χ0v) is 9.02. The van der Waals surface area contributed by atoms with Gasteiger partial charge in [-0.05, 0) is 12.1 Å². The number of aliphatic hydroxyl groups excluding tert-OH is 3. The van der Waals surface area contributed by atoms with Gasteiger partial charge in [0.05, 0.1) is 6.61 Å². The molecule has 0 aliphatic carbocycles. The molecule has 0 amide bonds. The van der Waals surface area contributed by atoms with Crippen molar-refractivity contribution < 1.29 is 25.2 Å². The molecule has 1 aromatic rings. The Balaban J connectivity index is 2.04. The molecule has 1 heterocycles. The lowest BCUT2D eigenvalue weighted by molar-refractivity contribution is -0.178. The molecule has 4 atom stereocenters. The Bertz CT molecular complexity index is 386. The SMILES string of the molecule is Oc1cccc(N[C@@H]2OC[C@@H](O)[C@@H](O)[C@@H]2O)c1. The van der Waals surface area contributed by atoms with Crippen LogP contribution < -0.4 is 5.32 Å². The van der Waals surface area contributed by atoms with Crippen molar-refractivity contribution in [3.8, 4) is 5.75 Å². The number of nitrogens with one attached hydrogen (secondary N) is 1. The standard InChI is InChI=1S/C11H15NO5/c13-7-3-1-2-6(4-7)12-11-10(16)9(15)8(14)5-17-11/h1-4,8-16H,5H2/t8-,9-,10+,11-/m1/s1. The Labute approximate surface area is 98.1 Å². The number of hydrogen-bond acceptors (Lipinski definition) is 6. The molecule has 1 aromatic carbocycles. The summed E-state index contributed by atoms with van der Waals surface area (Å²) >= 11 is 0. The van der Waals surface area contributed by atoms with Crippen molar-refractivity contribution in [1.29, 1.82) is 0 Å². The van der Waals surface area contributed by atoms with Crippen molar-refractivity contribution in [2.24, 2.45) is 0 Å². The Kier molecular flexibility index (Phi) is 3.49. The van der Waals surface area contributed by atoms with E-state index in [1.165, 1.54) is 12.1 Å². The molecule has 2 rings (SSSR count). The minimum Gasteiger partial charge on any atom is -0.508 e. The molecule has 0 unspecified atom stereocenters. The third kappa shape index (κ3) is 2.67. The predicted molar refractivity (Wildman–Crippen MR) is 59.5 cm³/mol. The maximum atomic E-state index is 9.68. The fourth-order valence-electron chi connectivity index (χ4n) is 1.69. The largest absolute Gasteiger partial charge is 0.508 e. The quantitative estimate of drug-likeness (QED) is 0.466. The fourth-order valence-corrected chi connectivity index (χ4v) is 1.69. The van der Waals surface area contributed by atoms with Gasteiger partial charge in [0.15, 0.2) is 6.23 Å². The lowest BCUT2D eigenvalue weighted by Gasteiger charge is -2.35. The van der Waals surface area contributed by atoms with Crippen LogP contribution in [0.2, 0.25) is 0 Å². The number of anilines is 1. The summed E-state index contributed by atoms with van der Waals surface area (Å²) in [6.07, 6.45) is -4.40. The minimum atomic E-state index is -1.25. The molecule has 0 saturated carbocycles. The van der Waals surface area contributed by atoms with Gasteiger partial charge >= 0.3 is 0 Å². The molecule has 1 aliphatic heterocycles. The van der Waals surface area contributed by atoms with Crippen molar-refractivity contribution in [3.05, 3.63) is 24.3 Å². The van der Waals surface area contributed by atoms with Crippen molar-refractivity contribution in [2.45, 2.75) is 24.5 Å². The number of benzene rings is 1. The average molecular weight is 241 g/mol. The highest BCUT2D eigenvalue weighted by atomic mass is 16.5. The second-order valence-corrected chi connectivity index (χ2v) is 4.00. The number of phenols is 1. The molecule has 6 nitrogen and oxygen atoms in total. The molecule has 1 saturated heterocycles. The van der Waals surface area contributed by atoms with Crippen LogP contribution in [0, 0.1) is 0 Å². The van der Waals surface area contributed by atoms with E-state index in [0.29, 0.717) is 5.69 Å². The topological polar surface area (TPSA) is 102 Å². The highest BCUT2D eigenvalue weighted by Gasteiger charge is 2.37. The maximum absolute atomic E-state index is 9.68. The first kappa shape index (κ1) is 12.1. The molecule has 1 fully saturated rings. The normalized spacial score (nSPS) is 33.4. The van der Waals surface area contributed by atoms with Gasteiger partial charge in [-0.1, -0.05) is 6.07 Å². The predicted octanol–water partition coefficient (Wildman–Crippen LogP) is -0.757. The Morgan fingerprint density at radius 2 is 1.94 bits per heavy atom. The van der Waals surface area contributed by atoms with Crippen LogP contribution in [0.4, 0.5) is 5.69 Å². The fraction of sp³-hybridized carbons (Fsp3) is 0.455. The molecule has 17 heavy (non-hydrogen) atoms. The average Bonchev–Trinajstić information content (AvgIpc) is 2.30. The van der Waals surface area contributed by atoms with E-state index < -0.39 is 24.5 Å². The Hall–Kier alpha value is -1.34. The molecule has 94 valence electrons. The first-order chi connectivity index (χ1) is 8.08. The van der Waals surface area contributed by atoms with Gasteiger partial charge in [-0.2, -0.15) is 0 Å². The molecule has 5 N–H and O–H groups in total. The summed E-state index contributed by atoms with van der Waals surface area (Å²) in [5.74, 6) is 0.0842. The molecular weight excluding hydrogens is 226 g/mol. The summed E-state index contributed by atoms with van der Waals surface area (Å²) in [4.78, 5) is 0. The van der Waals surface area contributed by atoms with Crippen LogP contribution in [0.15, 0.2) is 24.3 Å². The molecule has 0 aromatic heterocycles. The zero-order valence-electron chi connectivity index (χ0n) is 9.02. The second-order valence-electron chi connectivity index (χ2n) is 4.00. The van der Waals surface area contributed by atoms with Crippen LogP contribution in [0.3, 0.4) is 0 Å². The van der Waals surface area contributed by atoms with Crippen LogP contribution in [-0.2, 0) is 4.74 Å². The maximum Gasteiger partial charge on any atom is 0.156 e. The van der Waals surface area contributed by atoms with E-state index in [1.54, 1.807) is 12.1 Å². The van der Waals surface area contributed by atoms with Gasteiger partial charge in [-0.3, -0.25) is 0 Å². The van der Waals surface area contributed by atoms with Gasteiger partial charge in [0.1, 0.15) is 24.1 Å². The van der Waals surface area contributed by atoms with Gasteiger partial charge in [-0.25, -0.2) is 0 Å². The van der Waals surface area contributed by atoms with Gasteiger partial charge in [0, 0.05) is 11.8 Å². The van der Waals surface area contributed by atoms with Gasteiger partial charge in [-0.15, -0.1) is 0 Å². The summed E-state index contributed by atoms with van der Waals surface area (Å²) in [5.41, 5.74) is 0.553. The first-order valence-corrected chi connectivity index (χ1v) is 5.29. The number of aliphatic hydroxyl groups is 3. The summed E-state index contributed by atoms with van der Waals surface area (Å²) in [7, 11) is 0. The van der Waals surface area contributed by atoms with Gasteiger partial charge < -0.3 is 30.5 Å². The van der Waals surface area contributed by atoms with E-state index in [4.69, 9.17) is 4.74 Å². The Morgan fingerprint density at radius 1 is 1.18 bits per heavy atom. The van der Waals surface area contributed by atoms with E-state index in [0.717, 1.165) is 0 Å². The highest BCUT2D eigenvalue weighted by Crippen LogP contribution is 2.21. The van der Waals surface area contributed by atoms with E-state index in [1.807, 2.05) is 0 Å². The number of aromatic hydroxyl groups is 1. The van der Waals surface area contributed by atoms with Crippen molar-refractivity contribution in [1.82, 2.24) is 0 Å². The monoisotopic (exact) mass is 241 g/mol. The molecule has 0 radical (unpaired) electrons. The third-order valence-electron chi connectivity index (χ3n) is 2.66. The summed E-state index contributed by atoms with van der Waals surface area (Å²) in [6.45, 7) is -0.0608. The molecule has 6 heteroatoms. The number of hydrogen-bond donors (Lipinski definition) is 5. The van der Waals surface area contributed by atoms with Crippen LogP contribution in [0.5, 0.6) is 5.75 Å². The van der Waals surface area contributed by atoms with Gasteiger partial charge in [0.25, 0.3) is 0 Å². The lowest BCUT2D eigenvalue weighted by atomic mass is 10.0. The van der Waals surface area contributed by atoms with Crippen LogP contribution in [-0.4, -0.2) is 51.6 Å². The zero-order chi connectivity index (χ0) is 12.4. The van der Waals surface area contributed by atoms with Crippen LogP contribution >= 0.6 is 0 Å². The second kappa shape index (κ2) is 4.89. The van der Waals surface area contributed by atoms with Crippen LogP contribution in [0.25, 0.3) is 0 Å². The third-order valence-corrected chi connectivity index (χ3v) is 2.66. The molecule has 0 bridgehead atoms. The Morgan fingerprint density at radius 3 is 2.65 bits per heavy atom. The van der Waals surface area contributed by atoms with Crippen molar-refractivity contribution in [2.75, 3.05) is 11.9 Å². The first-order valence-electron chi connectivity index (χ1n) is 5.29. The number of phenolic OH excluding ortho intramolecular Hbond substituents is 1. The number of ether oxygens (including phenoxy) is 1. The van der Waals surface area contributed by atoms with Crippen molar-refractivity contribution in [3.63, 3.8) is 0 Å². The smallest absolute Gasteiger partial charge is 0.156 e. The molecule has 0 spiro atoms. The van der Waals surface area contributed by atoms with E-state index in [9.17, 15) is 20.4 Å². The van der Waals surface area contributed by atoms with E-state index in [-0.39, 0.29) is 12.4 Å². The van der Waals surface area contributed by atoms with E-state index >= 15 is 0 Å². The van der Waals surface area contributed by atoms with Crippen molar-refractivity contribution >= 4 is 5.69 Å². The summed E-state index contributed by atoms with van der Waals surface area (Å²) in [5, 5.41) is 40.5. The molecular formula is C11H15NO5. The summed E-state index contributed by atoms with van der Waals surface area (Å²) in [6, 6.07) is 6.31. The number of rotatable bonds is 2. The minimum absolute atomic E-state index is 0.0608. The van der Waals surface area contributed by atoms with Crippen LogP contribution in [0.1, 0.15) is 0 Å². The van der Waals surface area contributed by atoms with E-state index in [2.05, 4.69) is 5.32 Å². The highest BCUT2D eigenvalue weighted by molar-refractivity contribution is 5.48. The van der Waals surface area contributed by atoms with Gasteiger partial charge in [0.2, 0.25) is 0 Å². The lowest BCUT2D eigenvalue weighted by Crippen LogP contribution is -2.55. The molecule has 1 aliphatic rings.